The molecule has 1 aliphatic carbocycles. The standard InChI is InChI=1S/C18H18F2N2O3/c1-2-14-10(7-11-4-5-15(25-11)17(23)24)3-6-16(21-14)22-8-12-13(9-22)18(12,19)20/h3-6,12-13H,2,7-9H2,1H3,(H,23,24). The number of nitrogens with zero attached hydrogens (tertiary/aromatic N) is 2. The Bertz CT molecular complexity index is 819. The van der Waals surface area contributed by atoms with Gasteiger partial charge in [0.05, 0.1) is 11.8 Å². The second-order valence-corrected chi connectivity index (χ2v) is 6.67. The molecule has 132 valence electrons. The molecule has 0 radical (unpaired) electrons. The van der Waals surface area contributed by atoms with Gasteiger partial charge in [0.25, 0.3) is 5.92 Å². The normalized spacial score (nSPS) is 23.6. The molecule has 3 heterocycles. The number of rotatable bonds is 5. The maximum absolute atomic E-state index is 13.3. The number of pyridine rings is 1. The first-order chi connectivity index (χ1) is 11.9. The Morgan fingerprint density at radius 3 is 2.64 bits per heavy atom. The van der Waals surface area contributed by atoms with E-state index in [1.165, 1.54) is 6.07 Å². The van der Waals surface area contributed by atoms with E-state index in [4.69, 9.17) is 9.52 Å². The van der Waals surface area contributed by atoms with Crippen molar-refractivity contribution in [3.05, 3.63) is 47.0 Å². The number of fused-ring (bicyclic) bond motifs is 1. The number of aromatic nitrogens is 1. The summed E-state index contributed by atoms with van der Waals surface area (Å²) < 4.78 is 32.0. The molecule has 0 amide bonds. The van der Waals surface area contributed by atoms with Gasteiger partial charge < -0.3 is 14.4 Å². The first-order valence-electron chi connectivity index (χ1n) is 8.33. The van der Waals surface area contributed by atoms with Gasteiger partial charge in [-0.15, -0.1) is 0 Å². The second kappa shape index (κ2) is 5.54. The highest BCUT2D eigenvalue weighted by Gasteiger charge is 2.71. The van der Waals surface area contributed by atoms with Crippen LogP contribution in [0.5, 0.6) is 0 Å². The first-order valence-corrected chi connectivity index (χ1v) is 8.33. The Kier molecular flexibility index (Phi) is 3.56. The van der Waals surface area contributed by atoms with Crippen molar-refractivity contribution in [1.29, 1.82) is 0 Å². The Morgan fingerprint density at radius 1 is 1.32 bits per heavy atom. The van der Waals surface area contributed by atoms with Gasteiger partial charge in [-0.3, -0.25) is 0 Å². The number of piperidine rings is 1. The molecule has 5 nitrogen and oxygen atoms in total. The van der Waals surface area contributed by atoms with Crippen molar-refractivity contribution in [2.75, 3.05) is 18.0 Å². The van der Waals surface area contributed by atoms with Crippen LogP contribution in [0.4, 0.5) is 14.6 Å². The molecule has 0 bridgehead atoms. The first kappa shape index (κ1) is 16.1. The minimum atomic E-state index is -2.49. The highest BCUT2D eigenvalue weighted by molar-refractivity contribution is 5.84. The van der Waals surface area contributed by atoms with Crippen LogP contribution in [0.3, 0.4) is 0 Å². The van der Waals surface area contributed by atoms with Gasteiger partial charge in [0.1, 0.15) is 11.6 Å². The highest BCUT2D eigenvalue weighted by atomic mass is 19.3. The Morgan fingerprint density at radius 2 is 2.04 bits per heavy atom. The fourth-order valence-electron chi connectivity index (χ4n) is 3.63. The molecule has 2 atom stereocenters. The number of hydrogen-bond donors (Lipinski definition) is 1. The summed E-state index contributed by atoms with van der Waals surface area (Å²) in [6.07, 6.45) is 1.15. The summed E-state index contributed by atoms with van der Waals surface area (Å²) in [7, 11) is 0. The van der Waals surface area contributed by atoms with Crippen molar-refractivity contribution < 1.29 is 23.1 Å². The quantitative estimate of drug-likeness (QED) is 0.899. The number of carbonyl (C=O) groups is 1. The molecule has 1 N–H and O–H groups in total. The molecular weight excluding hydrogens is 330 g/mol. The van der Waals surface area contributed by atoms with E-state index in [-0.39, 0.29) is 5.76 Å². The van der Waals surface area contributed by atoms with Crippen LogP contribution in [0.25, 0.3) is 0 Å². The number of carboxylic acids is 1. The molecule has 2 aliphatic rings. The number of aromatic carboxylic acids is 1. The molecule has 2 aromatic heterocycles. The molecule has 1 saturated carbocycles. The highest BCUT2D eigenvalue weighted by Crippen LogP contribution is 2.59. The van der Waals surface area contributed by atoms with E-state index < -0.39 is 23.7 Å². The summed E-state index contributed by atoms with van der Waals surface area (Å²) in [6, 6.07) is 6.85. The number of hydrogen-bond acceptors (Lipinski definition) is 4. The summed E-state index contributed by atoms with van der Waals surface area (Å²) in [6.45, 7) is 2.69. The summed E-state index contributed by atoms with van der Waals surface area (Å²) in [5, 5.41) is 8.92. The second-order valence-electron chi connectivity index (χ2n) is 6.67. The molecule has 1 saturated heterocycles. The lowest BCUT2D eigenvalue weighted by Gasteiger charge is -2.22. The molecule has 2 unspecified atom stereocenters. The number of furan rings is 1. The molecule has 2 fully saturated rings. The number of alkyl halides is 2. The summed E-state index contributed by atoms with van der Waals surface area (Å²) in [4.78, 5) is 17.5. The summed E-state index contributed by atoms with van der Waals surface area (Å²) in [5.41, 5.74) is 1.82. The molecule has 0 aromatic carbocycles. The zero-order valence-electron chi connectivity index (χ0n) is 13.7. The van der Waals surface area contributed by atoms with Gasteiger partial charge in [0, 0.05) is 25.2 Å². The fourth-order valence-corrected chi connectivity index (χ4v) is 3.63. The SMILES string of the molecule is CCc1nc(N2CC3C(C2)C3(F)F)ccc1Cc1ccc(C(=O)O)o1. The van der Waals surface area contributed by atoms with E-state index in [1.54, 1.807) is 6.07 Å². The van der Waals surface area contributed by atoms with Crippen LogP contribution in [0.2, 0.25) is 0 Å². The third-order valence-corrected chi connectivity index (χ3v) is 5.15. The third kappa shape index (κ3) is 2.67. The number of anilines is 1. The smallest absolute Gasteiger partial charge is 0.371 e. The number of aryl methyl sites for hydroxylation is 1. The minimum Gasteiger partial charge on any atom is -0.475 e. The van der Waals surface area contributed by atoms with Crippen molar-refractivity contribution in [3.8, 4) is 0 Å². The van der Waals surface area contributed by atoms with Gasteiger partial charge in [0.2, 0.25) is 5.76 Å². The average Bonchev–Trinajstić information content (AvgIpc) is 3.05. The zero-order valence-corrected chi connectivity index (χ0v) is 13.7. The average molecular weight is 348 g/mol. The Labute approximate surface area is 143 Å². The monoisotopic (exact) mass is 348 g/mol. The Balaban J connectivity index is 1.51. The van der Waals surface area contributed by atoms with Crippen LogP contribution >= 0.6 is 0 Å². The molecule has 2 aromatic rings. The summed E-state index contributed by atoms with van der Waals surface area (Å²) in [5.74, 6) is -3.45. The van der Waals surface area contributed by atoms with E-state index in [2.05, 4.69) is 4.98 Å². The van der Waals surface area contributed by atoms with E-state index in [9.17, 15) is 13.6 Å². The maximum Gasteiger partial charge on any atom is 0.371 e. The van der Waals surface area contributed by atoms with E-state index >= 15 is 0 Å². The van der Waals surface area contributed by atoms with E-state index in [1.807, 2.05) is 24.0 Å². The van der Waals surface area contributed by atoms with E-state index in [0.717, 1.165) is 17.1 Å². The lowest BCUT2D eigenvalue weighted by atomic mass is 10.1. The van der Waals surface area contributed by atoms with Crippen molar-refractivity contribution >= 4 is 11.8 Å². The lowest BCUT2D eigenvalue weighted by molar-refractivity contribution is 0.0660. The maximum atomic E-state index is 13.3. The molecule has 25 heavy (non-hydrogen) atoms. The van der Waals surface area contributed by atoms with E-state index in [0.29, 0.717) is 31.7 Å². The van der Waals surface area contributed by atoms with Gasteiger partial charge in [-0.2, -0.15) is 0 Å². The largest absolute Gasteiger partial charge is 0.475 e. The zero-order chi connectivity index (χ0) is 17.8. The van der Waals surface area contributed by atoms with Crippen LogP contribution in [0, 0.1) is 11.8 Å². The minimum absolute atomic E-state index is 0.0881. The molecule has 1 aliphatic heterocycles. The topological polar surface area (TPSA) is 66.6 Å². The molecular formula is C18H18F2N2O3. The van der Waals surface area contributed by atoms with Gasteiger partial charge in [-0.1, -0.05) is 13.0 Å². The number of halogens is 2. The van der Waals surface area contributed by atoms with Gasteiger partial charge in [0.15, 0.2) is 0 Å². The Hall–Kier alpha value is -2.44. The van der Waals surface area contributed by atoms with Crippen molar-refractivity contribution in [1.82, 2.24) is 4.98 Å². The van der Waals surface area contributed by atoms with Gasteiger partial charge >= 0.3 is 5.97 Å². The molecule has 0 spiro atoms. The molecule has 4 rings (SSSR count). The number of carboxylic acid groups (broad SMARTS) is 1. The van der Waals surface area contributed by atoms with Crippen LogP contribution in [-0.4, -0.2) is 35.1 Å². The van der Waals surface area contributed by atoms with Crippen LogP contribution in [-0.2, 0) is 12.8 Å². The van der Waals surface area contributed by atoms with Crippen LogP contribution in [0.15, 0.2) is 28.7 Å². The fraction of sp³-hybridized carbons (Fsp3) is 0.444. The third-order valence-electron chi connectivity index (χ3n) is 5.15. The summed E-state index contributed by atoms with van der Waals surface area (Å²) >= 11 is 0. The van der Waals surface area contributed by atoms with Crippen molar-refractivity contribution in [2.24, 2.45) is 11.8 Å². The van der Waals surface area contributed by atoms with Gasteiger partial charge in [-0.05, 0) is 30.2 Å². The van der Waals surface area contributed by atoms with Crippen LogP contribution < -0.4 is 4.90 Å². The molecule has 7 heteroatoms. The van der Waals surface area contributed by atoms with Crippen LogP contribution in [0.1, 0.15) is 34.5 Å². The van der Waals surface area contributed by atoms with Crippen molar-refractivity contribution in [3.63, 3.8) is 0 Å². The lowest BCUT2D eigenvalue weighted by Crippen LogP contribution is -2.28. The van der Waals surface area contributed by atoms with Crippen molar-refractivity contribution in [2.45, 2.75) is 25.7 Å². The van der Waals surface area contributed by atoms with Gasteiger partial charge in [-0.25, -0.2) is 18.6 Å². The predicted molar refractivity (Wildman–Crippen MR) is 86.2 cm³/mol. The predicted octanol–water partition coefficient (Wildman–Crippen LogP) is 3.23.